The summed E-state index contributed by atoms with van der Waals surface area (Å²) in [6.07, 6.45) is 0.786. The van der Waals surface area contributed by atoms with E-state index in [2.05, 4.69) is 4.98 Å². The molecule has 0 aromatic carbocycles. The van der Waals surface area contributed by atoms with Crippen molar-refractivity contribution in [2.45, 2.75) is 19.4 Å². The Kier molecular flexibility index (Phi) is 1.55. The molecule has 0 saturated carbocycles. The van der Waals surface area contributed by atoms with Gasteiger partial charge in [-0.25, -0.2) is 4.79 Å². The van der Waals surface area contributed by atoms with Crippen molar-refractivity contribution in [1.29, 1.82) is 0 Å². The molecule has 0 bridgehead atoms. The Hall–Kier alpha value is -1.52. The number of nitrogens with two attached hydrogens (primary N) is 1. The van der Waals surface area contributed by atoms with Crippen LogP contribution in [0.25, 0.3) is 0 Å². The van der Waals surface area contributed by atoms with Gasteiger partial charge in [-0.2, -0.15) is 4.98 Å². The van der Waals surface area contributed by atoms with Gasteiger partial charge in [0.1, 0.15) is 11.9 Å². The SMILES string of the molecule is CC1Cc2c(nc(=O)n(C)c2N)O1. The van der Waals surface area contributed by atoms with Crippen molar-refractivity contribution >= 4 is 5.82 Å². The molecule has 5 nitrogen and oxygen atoms in total. The van der Waals surface area contributed by atoms with Crippen LogP contribution in [-0.2, 0) is 13.5 Å². The average Bonchev–Trinajstić information content (AvgIpc) is 2.42. The lowest BCUT2D eigenvalue weighted by molar-refractivity contribution is 0.245. The van der Waals surface area contributed by atoms with Crippen LogP contribution in [0.3, 0.4) is 0 Å². The Labute approximate surface area is 75.1 Å². The molecule has 1 aliphatic heterocycles. The molecule has 1 aliphatic rings. The lowest BCUT2D eigenvalue weighted by Gasteiger charge is -2.05. The quantitative estimate of drug-likeness (QED) is 0.595. The van der Waals surface area contributed by atoms with Crippen molar-refractivity contribution in [1.82, 2.24) is 9.55 Å². The zero-order valence-corrected chi connectivity index (χ0v) is 7.57. The van der Waals surface area contributed by atoms with E-state index in [1.54, 1.807) is 7.05 Å². The number of nitrogens with zero attached hydrogens (tertiary/aromatic N) is 2. The van der Waals surface area contributed by atoms with Crippen LogP contribution in [0.5, 0.6) is 5.88 Å². The fraction of sp³-hybridized carbons (Fsp3) is 0.500. The van der Waals surface area contributed by atoms with Gasteiger partial charge in [0.25, 0.3) is 0 Å². The number of aromatic nitrogens is 2. The van der Waals surface area contributed by atoms with Gasteiger partial charge >= 0.3 is 5.69 Å². The van der Waals surface area contributed by atoms with Crippen LogP contribution in [0.2, 0.25) is 0 Å². The second kappa shape index (κ2) is 2.48. The zero-order chi connectivity index (χ0) is 9.59. The van der Waals surface area contributed by atoms with Gasteiger partial charge in [0, 0.05) is 13.5 Å². The maximum absolute atomic E-state index is 11.2. The van der Waals surface area contributed by atoms with Crippen LogP contribution in [0.4, 0.5) is 5.82 Å². The highest BCUT2D eigenvalue weighted by atomic mass is 16.5. The molecule has 5 heteroatoms. The highest BCUT2D eigenvalue weighted by Gasteiger charge is 2.24. The van der Waals surface area contributed by atoms with Crippen molar-refractivity contribution in [2.24, 2.45) is 7.05 Å². The first kappa shape index (κ1) is 8.10. The lowest BCUT2D eigenvalue weighted by Crippen LogP contribution is -2.23. The van der Waals surface area contributed by atoms with Crippen molar-refractivity contribution in [3.8, 4) is 5.88 Å². The lowest BCUT2D eigenvalue weighted by atomic mass is 10.2. The summed E-state index contributed by atoms with van der Waals surface area (Å²) in [6, 6.07) is 0. The molecule has 0 amide bonds. The van der Waals surface area contributed by atoms with Gasteiger partial charge in [0.05, 0.1) is 5.56 Å². The van der Waals surface area contributed by atoms with E-state index in [1.165, 1.54) is 4.57 Å². The highest BCUT2D eigenvalue weighted by Crippen LogP contribution is 2.28. The molecule has 70 valence electrons. The summed E-state index contributed by atoms with van der Waals surface area (Å²) in [7, 11) is 1.61. The molecule has 1 aromatic rings. The predicted octanol–water partition coefficient (Wildman–Crippen LogP) is -0.314. The molecule has 0 saturated heterocycles. The molecule has 0 spiro atoms. The second-order valence-corrected chi connectivity index (χ2v) is 3.25. The van der Waals surface area contributed by atoms with Crippen molar-refractivity contribution in [3.63, 3.8) is 0 Å². The van der Waals surface area contributed by atoms with Crippen LogP contribution in [0, 0.1) is 0 Å². The minimum absolute atomic E-state index is 0.0617. The van der Waals surface area contributed by atoms with E-state index in [4.69, 9.17) is 10.5 Å². The molecule has 2 N–H and O–H groups in total. The molecule has 2 heterocycles. The van der Waals surface area contributed by atoms with E-state index < -0.39 is 0 Å². The summed E-state index contributed by atoms with van der Waals surface area (Å²) < 4.78 is 6.65. The summed E-state index contributed by atoms with van der Waals surface area (Å²) in [4.78, 5) is 15.0. The topological polar surface area (TPSA) is 70.1 Å². The Bertz CT molecular complexity index is 411. The third kappa shape index (κ3) is 1.07. The fourth-order valence-electron chi connectivity index (χ4n) is 1.45. The van der Waals surface area contributed by atoms with Gasteiger partial charge in [-0.3, -0.25) is 4.57 Å². The van der Waals surface area contributed by atoms with Crippen molar-refractivity contribution in [3.05, 3.63) is 16.0 Å². The number of nitrogen functional groups attached to an aromatic ring is 1. The van der Waals surface area contributed by atoms with E-state index in [-0.39, 0.29) is 11.8 Å². The molecule has 1 unspecified atom stereocenters. The molecule has 0 aliphatic carbocycles. The minimum atomic E-state index is -0.370. The summed E-state index contributed by atoms with van der Waals surface area (Å²) >= 11 is 0. The Morgan fingerprint density at radius 3 is 3.08 bits per heavy atom. The Morgan fingerprint density at radius 1 is 1.69 bits per heavy atom. The average molecular weight is 181 g/mol. The number of fused-ring (bicyclic) bond motifs is 1. The van der Waals surface area contributed by atoms with Gasteiger partial charge in [0.15, 0.2) is 0 Å². The summed E-state index contributed by atoms with van der Waals surface area (Å²) in [5, 5.41) is 0. The van der Waals surface area contributed by atoms with Gasteiger partial charge in [-0.05, 0) is 6.92 Å². The Morgan fingerprint density at radius 2 is 2.38 bits per heavy atom. The van der Waals surface area contributed by atoms with Crippen LogP contribution in [0.15, 0.2) is 4.79 Å². The Balaban J connectivity index is 2.67. The first-order valence-electron chi connectivity index (χ1n) is 4.11. The highest BCUT2D eigenvalue weighted by molar-refractivity contribution is 5.48. The van der Waals surface area contributed by atoms with Crippen LogP contribution in [0.1, 0.15) is 12.5 Å². The molecular weight excluding hydrogens is 170 g/mol. The fourth-order valence-corrected chi connectivity index (χ4v) is 1.45. The van der Waals surface area contributed by atoms with E-state index in [0.29, 0.717) is 11.7 Å². The largest absolute Gasteiger partial charge is 0.474 e. The first-order chi connectivity index (χ1) is 6.09. The van der Waals surface area contributed by atoms with Gasteiger partial charge < -0.3 is 10.5 Å². The third-order valence-corrected chi connectivity index (χ3v) is 2.22. The molecule has 1 aromatic heterocycles. The molecule has 1 atom stereocenters. The monoisotopic (exact) mass is 181 g/mol. The van der Waals surface area contributed by atoms with E-state index in [1.807, 2.05) is 6.92 Å². The number of hydrogen-bond donors (Lipinski definition) is 1. The van der Waals surface area contributed by atoms with Crippen LogP contribution >= 0.6 is 0 Å². The van der Waals surface area contributed by atoms with Crippen molar-refractivity contribution in [2.75, 3.05) is 5.73 Å². The van der Waals surface area contributed by atoms with Gasteiger partial charge in [-0.15, -0.1) is 0 Å². The maximum Gasteiger partial charge on any atom is 0.352 e. The number of ether oxygens (including phenoxy) is 1. The molecule has 2 rings (SSSR count). The van der Waals surface area contributed by atoms with Crippen LogP contribution in [-0.4, -0.2) is 15.7 Å². The predicted molar refractivity (Wildman–Crippen MR) is 47.7 cm³/mol. The summed E-state index contributed by atoms with van der Waals surface area (Å²) in [6.45, 7) is 1.92. The van der Waals surface area contributed by atoms with Gasteiger partial charge in [0.2, 0.25) is 5.88 Å². The number of rotatable bonds is 0. The number of anilines is 1. The van der Waals surface area contributed by atoms with Crippen molar-refractivity contribution < 1.29 is 4.74 Å². The third-order valence-electron chi connectivity index (χ3n) is 2.22. The second-order valence-electron chi connectivity index (χ2n) is 3.25. The maximum atomic E-state index is 11.2. The minimum Gasteiger partial charge on any atom is -0.474 e. The normalized spacial score (nSPS) is 19.7. The van der Waals surface area contributed by atoms with Gasteiger partial charge in [-0.1, -0.05) is 0 Å². The zero-order valence-electron chi connectivity index (χ0n) is 7.57. The van der Waals surface area contributed by atoms with Crippen LogP contribution < -0.4 is 16.2 Å². The van der Waals surface area contributed by atoms with E-state index >= 15 is 0 Å². The van der Waals surface area contributed by atoms with E-state index in [0.717, 1.165) is 12.0 Å². The molecule has 13 heavy (non-hydrogen) atoms. The molecular formula is C8H11N3O2. The molecule has 0 fully saturated rings. The molecule has 0 radical (unpaired) electrons. The summed E-state index contributed by atoms with van der Waals surface area (Å²) in [5.41, 5.74) is 6.21. The van der Waals surface area contributed by atoms with E-state index in [9.17, 15) is 4.79 Å². The number of hydrogen-bond acceptors (Lipinski definition) is 4. The first-order valence-corrected chi connectivity index (χ1v) is 4.11. The summed E-state index contributed by atoms with van der Waals surface area (Å²) in [5.74, 6) is 0.854. The standard InChI is InChI=1S/C8H11N3O2/c1-4-3-5-6(9)11(2)8(12)10-7(5)13-4/h4H,3,9H2,1-2H3. The smallest absolute Gasteiger partial charge is 0.352 e.